The van der Waals surface area contributed by atoms with Crippen molar-refractivity contribution in [3.05, 3.63) is 54.1 Å². The van der Waals surface area contributed by atoms with E-state index in [1.54, 1.807) is 12.1 Å². The summed E-state index contributed by atoms with van der Waals surface area (Å²) in [5.74, 6) is -0.764. The van der Waals surface area contributed by atoms with E-state index >= 15 is 0 Å². The number of nitrogens with one attached hydrogen (secondary N) is 1. The zero-order valence-electron chi connectivity index (χ0n) is 16.8. The van der Waals surface area contributed by atoms with Gasteiger partial charge in [-0.3, -0.25) is 0 Å². The number of ether oxygens (including phenoxy) is 1. The Kier molecular flexibility index (Phi) is 7.26. The summed E-state index contributed by atoms with van der Waals surface area (Å²) in [6.45, 7) is -0.0438. The average Bonchev–Trinajstić information content (AvgIpc) is 2.78. The van der Waals surface area contributed by atoms with Crippen LogP contribution in [-0.2, 0) is 14.8 Å². The normalized spacial score (nSPS) is 14.9. The molecule has 1 heterocycles. The number of carbonyl (C=O) groups is 2. The van der Waals surface area contributed by atoms with Crippen molar-refractivity contribution in [2.75, 3.05) is 38.1 Å². The van der Waals surface area contributed by atoms with Crippen LogP contribution in [0, 0.1) is 0 Å². The van der Waals surface area contributed by atoms with Gasteiger partial charge in [0.15, 0.2) is 6.61 Å². The number of hydrogen-bond donors (Lipinski definition) is 2. The molecule has 1 fully saturated rings. The summed E-state index contributed by atoms with van der Waals surface area (Å²) in [4.78, 5) is 24.4. The molecule has 9 nitrogen and oxygen atoms in total. The minimum atomic E-state index is -3.85. The third-order valence-corrected chi connectivity index (χ3v) is 6.68. The zero-order valence-corrected chi connectivity index (χ0v) is 17.6. The van der Waals surface area contributed by atoms with Gasteiger partial charge in [0, 0.05) is 37.4 Å². The molecule has 0 aliphatic carbocycles. The number of carboxylic acids is 1. The van der Waals surface area contributed by atoms with Crippen molar-refractivity contribution >= 4 is 27.7 Å². The predicted molar refractivity (Wildman–Crippen MR) is 110 cm³/mol. The van der Waals surface area contributed by atoms with Gasteiger partial charge in [-0.25, -0.2) is 26.8 Å². The summed E-state index contributed by atoms with van der Waals surface area (Å²) in [5, 5.41) is 11.3. The number of benzene rings is 2. The lowest BCUT2D eigenvalue weighted by Crippen LogP contribution is -2.51. The number of hydrogen-bond acceptors (Lipinski definition) is 5. The van der Waals surface area contributed by atoms with Crippen molar-refractivity contribution in [2.45, 2.75) is 11.3 Å². The highest BCUT2D eigenvalue weighted by atomic mass is 32.2. The number of amides is 2. The fourth-order valence-electron chi connectivity index (χ4n) is 3.05. The molecule has 0 atom stereocenters. The van der Waals surface area contributed by atoms with Gasteiger partial charge >= 0.3 is 12.0 Å². The Hall–Kier alpha value is -3.25. The van der Waals surface area contributed by atoms with Crippen LogP contribution >= 0.6 is 0 Å². The molecule has 0 radical (unpaired) electrons. The Morgan fingerprint density at radius 2 is 1.59 bits per heavy atom. The van der Waals surface area contributed by atoms with Crippen molar-refractivity contribution < 1.29 is 36.6 Å². The van der Waals surface area contributed by atoms with Crippen molar-refractivity contribution in [1.82, 2.24) is 9.21 Å². The number of halogens is 2. The van der Waals surface area contributed by atoms with E-state index in [9.17, 15) is 26.8 Å². The standard InChI is InChI=1S/C20H21F2N3O6S/c21-19(22)14-1-7-17(8-2-14)32(29,30)25-11-9-24(10-12-25)20(28)23-15-3-5-16(6-4-15)31-13-18(26)27/h1-8,19H,9-13H2,(H,23,28)(H,26,27). The molecule has 0 unspecified atom stereocenters. The number of carboxylic acid groups (broad SMARTS) is 1. The summed E-state index contributed by atoms with van der Waals surface area (Å²) in [6, 6.07) is 10.2. The van der Waals surface area contributed by atoms with Gasteiger partial charge in [-0.15, -0.1) is 0 Å². The van der Waals surface area contributed by atoms with Gasteiger partial charge in [0.1, 0.15) is 5.75 Å². The smallest absolute Gasteiger partial charge is 0.341 e. The maximum absolute atomic E-state index is 12.7. The first kappa shape index (κ1) is 23.4. The first-order chi connectivity index (χ1) is 15.2. The van der Waals surface area contributed by atoms with E-state index in [0.29, 0.717) is 11.4 Å². The fourth-order valence-corrected chi connectivity index (χ4v) is 4.47. The summed E-state index contributed by atoms with van der Waals surface area (Å²) in [7, 11) is -3.85. The average molecular weight is 469 g/mol. The van der Waals surface area contributed by atoms with E-state index < -0.39 is 35.1 Å². The number of alkyl halides is 2. The predicted octanol–water partition coefficient (Wildman–Crippen LogP) is 2.63. The molecule has 0 aromatic heterocycles. The number of rotatable bonds is 7. The number of anilines is 1. The Labute approximate surface area is 183 Å². The Morgan fingerprint density at radius 1 is 1.00 bits per heavy atom. The van der Waals surface area contributed by atoms with E-state index in [1.807, 2.05) is 0 Å². The number of piperazine rings is 1. The molecule has 3 rings (SSSR count). The molecule has 2 amide bonds. The van der Waals surface area contributed by atoms with Gasteiger partial charge in [0.2, 0.25) is 10.0 Å². The third kappa shape index (κ3) is 5.71. The Bertz CT molecular complexity index is 1050. The third-order valence-electron chi connectivity index (χ3n) is 4.76. The summed E-state index contributed by atoms with van der Waals surface area (Å²) >= 11 is 0. The first-order valence-electron chi connectivity index (χ1n) is 9.55. The molecule has 0 saturated carbocycles. The van der Waals surface area contributed by atoms with Gasteiger partial charge in [-0.05, 0) is 36.4 Å². The topological polar surface area (TPSA) is 116 Å². The number of aliphatic carboxylic acids is 1. The van der Waals surface area contributed by atoms with Crippen LogP contribution in [0.1, 0.15) is 12.0 Å². The molecule has 2 aromatic carbocycles. The van der Waals surface area contributed by atoms with E-state index in [2.05, 4.69) is 5.32 Å². The zero-order chi connectivity index (χ0) is 23.3. The van der Waals surface area contributed by atoms with E-state index in [-0.39, 0.29) is 36.6 Å². The molecular formula is C20H21F2N3O6S. The number of carbonyl (C=O) groups excluding carboxylic acids is 1. The van der Waals surface area contributed by atoms with Gasteiger partial charge < -0.3 is 20.1 Å². The molecular weight excluding hydrogens is 448 g/mol. The molecule has 32 heavy (non-hydrogen) atoms. The molecule has 2 aromatic rings. The van der Waals surface area contributed by atoms with Crippen molar-refractivity contribution in [3.8, 4) is 5.75 Å². The van der Waals surface area contributed by atoms with E-state index in [4.69, 9.17) is 9.84 Å². The van der Waals surface area contributed by atoms with E-state index in [1.165, 1.54) is 21.3 Å². The fraction of sp³-hybridized carbons (Fsp3) is 0.300. The van der Waals surface area contributed by atoms with Crippen LogP contribution in [0.3, 0.4) is 0 Å². The highest BCUT2D eigenvalue weighted by Crippen LogP contribution is 2.23. The van der Waals surface area contributed by atoms with Crippen molar-refractivity contribution in [1.29, 1.82) is 0 Å². The van der Waals surface area contributed by atoms with Gasteiger partial charge in [-0.2, -0.15) is 4.31 Å². The molecule has 0 spiro atoms. The highest BCUT2D eigenvalue weighted by Gasteiger charge is 2.30. The summed E-state index contributed by atoms with van der Waals surface area (Å²) < 4.78 is 57.1. The molecule has 1 aliphatic rings. The highest BCUT2D eigenvalue weighted by molar-refractivity contribution is 7.89. The molecule has 2 N–H and O–H groups in total. The first-order valence-corrected chi connectivity index (χ1v) is 11.0. The van der Waals surface area contributed by atoms with Crippen LogP contribution in [0.5, 0.6) is 5.75 Å². The lowest BCUT2D eigenvalue weighted by molar-refractivity contribution is -0.139. The van der Waals surface area contributed by atoms with E-state index in [0.717, 1.165) is 24.3 Å². The Balaban J connectivity index is 1.54. The molecule has 172 valence electrons. The second-order valence-corrected chi connectivity index (χ2v) is 8.84. The summed E-state index contributed by atoms with van der Waals surface area (Å²) in [6.07, 6.45) is -2.68. The van der Waals surface area contributed by atoms with Gasteiger partial charge in [0.25, 0.3) is 6.43 Å². The second kappa shape index (κ2) is 9.92. The quantitative estimate of drug-likeness (QED) is 0.644. The number of nitrogens with zero attached hydrogens (tertiary/aromatic N) is 2. The molecule has 1 saturated heterocycles. The van der Waals surface area contributed by atoms with Crippen LogP contribution in [0.25, 0.3) is 0 Å². The van der Waals surface area contributed by atoms with Crippen LogP contribution in [0.15, 0.2) is 53.4 Å². The number of sulfonamides is 1. The second-order valence-electron chi connectivity index (χ2n) is 6.90. The summed E-state index contributed by atoms with van der Waals surface area (Å²) in [5.41, 5.74) is 0.207. The van der Waals surface area contributed by atoms with Crippen LogP contribution in [-0.4, -0.2) is 67.5 Å². The lowest BCUT2D eigenvalue weighted by atomic mass is 10.2. The Morgan fingerprint density at radius 3 is 2.12 bits per heavy atom. The maximum atomic E-state index is 12.7. The van der Waals surface area contributed by atoms with Crippen molar-refractivity contribution in [3.63, 3.8) is 0 Å². The number of urea groups is 1. The van der Waals surface area contributed by atoms with Crippen LogP contribution in [0.4, 0.5) is 19.3 Å². The molecule has 12 heteroatoms. The maximum Gasteiger partial charge on any atom is 0.341 e. The minimum absolute atomic E-state index is 0.0638. The van der Waals surface area contributed by atoms with Crippen LogP contribution < -0.4 is 10.1 Å². The molecule has 1 aliphatic heterocycles. The molecule has 0 bridgehead atoms. The monoisotopic (exact) mass is 469 g/mol. The van der Waals surface area contributed by atoms with Crippen LogP contribution in [0.2, 0.25) is 0 Å². The van der Waals surface area contributed by atoms with Gasteiger partial charge in [-0.1, -0.05) is 12.1 Å². The lowest BCUT2D eigenvalue weighted by Gasteiger charge is -2.34. The van der Waals surface area contributed by atoms with Crippen molar-refractivity contribution in [2.24, 2.45) is 0 Å². The van der Waals surface area contributed by atoms with Gasteiger partial charge in [0.05, 0.1) is 4.90 Å². The largest absolute Gasteiger partial charge is 0.482 e. The minimum Gasteiger partial charge on any atom is -0.482 e. The SMILES string of the molecule is O=C(O)COc1ccc(NC(=O)N2CCN(S(=O)(=O)c3ccc(C(F)F)cc3)CC2)cc1.